The summed E-state index contributed by atoms with van der Waals surface area (Å²) in [4.78, 5) is 19.1. The summed E-state index contributed by atoms with van der Waals surface area (Å²) in [5.41, 5.74) is 8.11. The predicted octanol–water partition coefficient (Wildman–Crippen LogP) is 2.49. The Balaban J connectivity index is 1.76. The van der Waals surface area contributed by atoms with E-state index in [-0.39, 0.29) is 5.84 Å². The van der Waals surface area contributed by atoms with Crippen molar-refractivity contribution in [3.63, 3.8) is 0 Å². The molecule has 0 saturated carbocycles. The largest absolute Gasteiger partial charge is 0.384 e. The zero-order chi connectivity index (χ0) is 15.5. The van der Waals surface area contributed by atoms with E-state index in [1.54, 1.807) is 30.3 Å². The number of nitrogens with one attached hydrogen (secondary N) is 4. The molecule has 110 valence electrons. The monoisotopic (exact) mass is 294 g/mol. The number of carbonyl (C=O) groups excluding carboxylic acids is 1. The van der Waals surface area contributed by atoms with Crippen molar-refractivity contribution in [1.29, 1.82) is 5.41 Å². The summed E-state index contributed by atoms with van der Waals surface area (Å²) >= 11 is 0. The van der Waals surface area contributed by atoms with E-state index in [4.69, 9.17) is 11.1 Å². The van der Waals surface area contributed by atoms with Crippen molar-refractivity contribution in [2.45, 2.75) is 0 Å². The van der Waals surface area contributed by atoms with Gasteiger partial charge in [0.05, 0.1) is 11.0 Å². The number of hydrogen-bond donors (Lipinski definition) is 5. The zero-order valence-corrected chi connectivity index (χ0v) is 11.6. The highest BCUT2D eigenvalue weighted by Crippen LogP contribution is 2.16. The fourth-order valence-corrected chi connectivity index (χ4v) is 2.03. The highest BCUT2D eigenvalue weighted by molar-refractivity contribution is 6.00. The lowest BCUT2D eigenvalue weighted by Crippen LogP contribution is -2.20. The van der Waals surface area contributed by atoms with Crippen molar-refractivity contribution in [1.82, 2.24) is 9.97 Å². The molecule has 0 spiro atoms. The number of aromatic nitrogens is 2. The molecule has 0 unspecified atom stereocenters. The van der Waals surface area contributed by atoms with Gasteiger partial charge in [-0.2, -0.15) is 0 Å². The van der Waals surface area contributed by atoms with Gasteiger partial charge in [0.15, 0.2) is 0 Å². The van der Waals surface area contributed by atoms with Crippen LogP contribution in [0.1, 0.15) is 5.56 Å². The minimum Gasteiger partial charge on any atom is -0.384 e. The number of amides is 2. The van der Waals surface area contributed by atoms with E-state index in [0.717, 1.165) is 0 Å². The van der Waals surface area contributed by atoms with Crippen LogP contribution in [0.4, 0.5) is 16.4 Å². The van der Waals surface area contributed by atoms with Crippen molar-refractivity contribution in [2.75, 3.05) is 10.6 Å². The molecule has 0 radical (unpaired) electrons. The molecule has 0 aliphatic rings. The zero-order valence-electron chi connectivity index (χ0n) is 11.6. The standard InChI is InChI=1S/C15H14N6O/c16-13(17)9-6-7-11-12(8-9)20-14(19-11)21-15(22)18-10-4-2-1-3-5-10/h1-8H,(H3,16,17)(H3,18,19,20,21,22). The van der Waals surface area contributed by atoms with Crippen molar-refractivity contribution in [3.05, 3.63) is 54.1 Å². The Bertz CT molecular complexity index is 840. The second-order valence-corrected chi connectivity index (χ2v) is 4.68. The average molecular weight is 294 g/mol. The third kappa shape index (κ3) is 2.88. The number of urea groups is 1. The SMILES string of the molecule is N=C(N)c1ccc2nc(NC(=O)Nc3ccccc3)[nH]c2c1. The molecular weight excluding hydrogens is 280 g/mol. The molecule has 0 aliphatic heterocycles. The van der Waals surface area contributed by atoms with Crippen molar-refractivity contribution in [2.24, 2.45) is 5.73 Å². The third-order valence-electron chi connectivity index (χ3n) is 3.06. The number of rotatable bonds is 3. The number of nitrogens with zero attached hydrogens (tertiary/aromatic N) is 1. The lowest BCUT2D eigenvalue weighted by molar-refractivity contribution is 0.262. The Hall–Kier alpha value is -3.35. The lowest BCUT2D eigenvalue weighted by atomic mass is 10.2. The Morgan fingerprint density at radius 1 is 1.14 bits per heavy atom. The molecule has 3 rings (SSSR count). The molecular formula is C15H14N6O. The van der Waals surface area contributed by atoms with Crippen molar-refractivity contribution < 1.29 is 4.79 Å². The van der Waals surface area contributed by atoms with Crippen LogP contribution in [0.2, 0.25) is 0 Å². The summed E-state index contributed by atoms with van der Waals surface area (Å²) in [6.45, 7) is 0. The molecule has 6 N–H and O–H groups in total. The third-order valence-corrected chi connectivity index (χ3v) is 3.06. The van der Waals surface area contributed by atoms with Gasteiger partial charge >= 0.3 is 6.03 Å². The quantitative estimate of drug-likeness (QED) is 0.377. The van der Waals surface area contributed by atoms with Crippen LogP contribution in [0.3, 0.4) is 0 Å². The number of imidazole rings is 1. The molecule has 2 amide bonds. The topological polar surface area (TPSA) is 120 Å². The average Bonchev–Trinajstić information content (AvgIpc) is 2.89. The first kappa shape index (κ1) is 13.6. The molecule has 0 aliphatic carbocycles. The van der Waals surface area contributed by atoms with E-state index in [1.807, 2.05) is 18.2 Å². The molecule has 0 atom stereocenters. The van der Waals surface area contributed by atoms with Crippen LogP contribution in [0.15, 0.2) is 48.5 Å². The van der Waals surface area contributed by atoms with Gasteiger partial charge < -0.3 is 16.0 Å². The second kappa shape index (κ2) is 5.57. The van der Waals surface area contributed by atoms with Crippen LogP contribution in [0.5, 0.6) is 0 Å². The van der Waals surface area contributed by atoms with Gasteiger partial charge in [-0.15, -0.1) is 0 Å². The summed E-state index contributed by atoms with van der Waals surface area (Å²) in [5, 5.41) is 12.7. The molecule has 1 aromatic heterocycles. The molecule has 1 heterocycles. The number of fused-ring (bicyclic) bond motifs is 1. The number of nitrogen functional groups attached to an aromatic ring is 1. The number of anilines is 2. The Kier molecular flexibility index (Phi) is 3.45. The smallest absolute Gasteiger partial charge is 0.326 e. The van der Waals surface area contributed by atoms with Crippen LogP contribution >= 0.6 is 0 Å². The first-order chi connectivity index (χ1) is 10.6. The summed E-state index contributed by atoms with van der Waals surface area (Å²) in [7, 11) is 0. The highest BCUT2D eigenvalue weighted by Gasteiger charge is 2.08. The maximum Gasteiger partial charge on any atom is 0.326 e. The van der Waals surface area contributed by atoms with E-state index in [9.17, 15) is 4.79 Å². The number of carbonyl (C=O) groups is 1. The van der Waals surface area contributed by atoms with E-state index in [1.165, 1.54) is 0 Å². The van der Waals surface area contributed by atoms with E-state index < -0.39 is 6.03 Å². The maximum atomic E-state index is 11.9. The lowest BCUT2D eigenvalue weighted by Gasteiger charge is -2.04. The van der Waals surface area contributed by atoms with Gasteiger partial charge in [-0.1, -0.05) is 18.2 Å². The number of H-pyrrole nitrogens is 1. The van der Waals surface area contributed by atoms with E-state index in [2.05, 4.69) is 20.6 Å². The first-order valence-corrected chi connectivity index (χ1v) is 6.59. The molecule has 0 bridgehead atoms. The minimum absolute atomic E-state index is 0.0205. The summed E-state index contributed by atoms with van der Waals surface area (Å²) < 4.78 is 0. The first-order valence-electron chi connectivity index (χ1n) is 6.59. The van der Waals surface area contributed by atoms with Crippen molar-refractivity contribution in [3.8, 4) is 0 Å². The molecule has 2 aromatic carbocycles. The number of aromatic amines is 1. The van der Waals surface area contributed by atoms with Gasteiger partial charge in [0.1, 0.15) is 5.84 Å². The maximum absolute atomic E-state index is 11.9. The number of amidine groups is 1. The predicted molar refractivity (Wildman–Crippen MR) is 86.2 cm³/mol. The van der Waals surface area contributed by atoms with Gasteiger partial charge in [-0.05, 0) is 30.3 Å². The van der Waals surface area contributed by atoms with Gasteiger partial charge in [0.25, 0.3) is 0 Å². The molecule has 0 saturated heterocycles. The highest BCUT2D eigenvalue weighted by atomic mass is 16.2. The summed E-state index contributed by atoms with van der Waals surface area (Å²) in [6, 6.07) is 13.9. The minimum atomic E-state index is -0.392. The second-order valence-electron chi connectivity index (χ2n) is 4.68. The summed E-state index contributed by atoms with van der Waals surface area (Å²) in [6.07, 6.45) is 0. The number of benzene rings is 2. The fraction of sp³-hybridized carbons (Fsp3) is 0. The van der Waals surface area contributed by atoms with Crippen LogP contribution in [0.25, 0.3) is 11.0 Å². The number of hydrogen-bond acceptors (Lipinski definition) is 3. The van der Waals surface area contributed by atoms with Gasteiger partial charge in [0, 0.05) is 11.3 Å². The summed E-state index contributed by atoms with van der Waals surface area (Å²) in [5.74, 6) is 0.303. The Morgan fingerprint density at radius 3 is 2.64 bits per heavy atom. The number of nitrogens with two attached hydrogens (primary N) is 1. The number of para-hydroxylation sites is 1. The molecule has 22 heavy (non-hydrogen) atoms. The fourth-order valence-electron chi connectivity index (χ4n) is 2.03. The normalized spacial score (nSPS) is 10.4. The van der Waals surface area contributed by atoms with Crippen LogP contribution in [-0.4, -0.2) is 21.8 Å². The van der Waals surface area contributed by atoms with E-state index >= 15 is 0 Å². The van der Waals surface area contributed by atoms with Gasteiger partial charge in [-0.25, -0.2) is 9.78 Å². The van der Waals surface area contributed by atoms with Crippen LogP contribution in [-0.2, 0) is 0 Å². The molecule has 3 aromatic rings. The van der Waals surface area contributed by atoms with E-state index in [0.29, 0.717) is 28.2 Å². The molecule has 0 fully saturated rings. The van der Waals surface area contributed by atoms with Crippen LogP contribution < -0.4 is 16.4 Å². The Labute approximate surface area is 126 Å². The van der Waals surface area contributed by atoms with Crippen LogP contribution in [0, 0.1) is 5.41 Å². The Morgan fingerprint density at radius 2 is 1.91 bits per heavy atom. The van der Waals surface area contributed by atoms with Gasteiger partial charge in [-0.3, -0.25) is 10.7 Å². The molecule has 7 heteroatoms. The molecule has 7 nitrogen and oxygen atoms in total. The van der Waals surface area contributed by atoms with Crippen molar-refractivity contribution >= 4 is 34.5 Å². The van der Waals surface area contributed by atoms with Gasteiger partial charge in [0.2, 0.25) is 5.95 Å².